The van der Waals surface area contributed by atoms with Gasteiger partial charge in [-0.3, -0.25) is 9.10 Å². The Hall–Kier alpha value is -2.60. The Morgan fingerprint density at radius 2 is 1.88 bits per heavy atom. The van der Waals surface area contributed by atoms with Gasteiger partial charge in [-0.1, -0.05) is 24.3 Å². The molecule has 0 spiro atoms. The van der Waals surface area contributed by atoms with Crippen molar-refractivity contribution >= 4 is 27.3 Å². The first-order chi connectivity index (χ1) is 12.3. The van der Waals surface area contributed by atoms with Crippen LogP contribution in [0.3, 0.4) is 0 Å². The maximum absolute atomic E-state index is 13.0. The molecule has 2 aromatic carbocycles. The lowest BCUT2D eigenvalue weighted by atomic mass is 10.1. The Bertz CT molecular complexity index is 936. The molecule has 0 fully saturated rings. The zero-order valence-electron chi connectivity index (χ0n) is 14.9. The Balaban J connectivity index is 1.89. The van der Waals surface area contributed by atoms with Gasteiger partial charge in [0.05, 0.1) is 18.5 Å². The molecule has 6 heteroatoms. The summed E-state index contributed by atoms with van der Waals surface area (Å²) in [5, 5.41) is 0. The third-order valence-electron chi connectivity index (χ3n) is 4.52. The van der Waals surface area contributed by atoms with Gasteiger partial charge in [-0.2, -0.15) is 0 Å². The second-order valence-electron chi connectivity index (χ2n) is 6.49. The zero-order valence-corrected chi connectivity index (χ0v) is 15.7. The maximum Gasteiger partial charge on any atom is 0.258 e. The van der Waals surface area contributed by atoms with Gasteiger partial charge in [0, 0.05) is 17.3 Å². The fourth-order valence-corrected chi connectivity index (χ4v) is 4.21. The van der Waals surface area contributed by atoms with Crippen LogP contribution in [0.25, 0.3) is 0 Å². The van der Waals surface area contributed by atoms with E-state index in [1.807, 2.05) is 36.1 Å². The van der Waals surface area contributed by atoms with Gasteiger partial charge in [0.15, 0.2) is 0 Å². The summed E-state index contributed by atoms with van der Waals surface area (Å²) in [4.78, 5) is 14.8. The van der Waals surface area contributed by atoms with Crippen LogP contribution < -0.4 is 9.21 Å². The average Bonchev–Trinajstić information content (AvgIpc) is 2.94. The molecule has 26 heavy (non-hydrogen) atoms. The summed E-state index contributed by atoms with van der Waals surface area (Å²) >= 11 is 0. The van der Waals surface area contributed by atoms with Crippen molar-refractivity contribution in [1.82, 2.24) is 0 Å². The maximum atomic E-state index is 13.0. The average molecular weight is 370 g/mol. The monoisotopic (exact) mass is 370 g/mol. The van der Waals surface area contributed by atoms with Gasteiger partial charge in [-0.25, -0.2) is 8.42 Å². The van der Waals surface area contributed by atoms with E-state index in [0.717, 1.165) is 18.4 Å². The molecule has 0 aliphatic carbocycles. The van der Waals surface area contributed by atoms with E-state index in [-0.39, 0.29) is 18.5 Å². The number of amides is 1. The Kier molecular flexibility index (Phi) is 4.87. The molecule has 0 N–H and O–H groups in total. The summed E-state index contributed by atoms with van der Waals surface area (Å²) in [7, 11) is -3.41. The molecule has 1 aliphatic heterocycles. The summed E-state index contributed by atoms with van der Waals surface area (Å²) in [6.07, 6.45) is 3.52. The highest BCUT2D eigenvalue weighted by Crippen LogP contribution is 2.33. The number of anilines is 2. The third-order valence-corrected chi connectivity index (χ3v) is 5.68. The molecular weight excluding hydrogens is 348 g/mol. The Morgan fingerprint density at radius 3 is 2.50 bits per heavy atom. The van der Waals surface area contributed by atoms with E-state index in [0.29, 0.717) is 11.3 Å². The first-order valence-corrected chi connectivity index (χ1v) is 10.3. The molecule has 1 aliphatic rings. The number of carbonyl (C=O) groups excluding carboxylic acids is 1. The van der Waals surface area contributed by atoms with Crippen LogP contribution in [0.5, 0.6) is 0 Å². The van der Waals surface area contributed by atoms with E-state index in [4.69, 9.17) is 0 Å². The lowest BCUT2D eigenvalue weighted by molar-refractivity contribution is 0.0981. The fourth-order valence-electron chi connectivity index (χ4n) is 3.33. The minimum atomic E-state index is -3.41. The Labute approximate surface area is 154 Å². The van der Waals surface area contributed by atoms with Gasteiger partial charge < -0.3 is 4.90 Å². The van der Waals surface area contributed by atoms with Gasteiger partial charge in [0.25, 0.3) is 5.91 Å². The molecule has 5 nitrogen and oxygen atoms in total. The summed E-state index contributed by atoms with van der Waals surface area (Å²) in [6, 6.07) is 14.7. The third kappa shape index (κ3) is 3.37. The SMILES string of the molecule is C=CCN(c1ccc(C(=O)N2c3ccccc3C[C@H]2C)cc1)S(C)(=O)=O. The zero-order chi connectivity index (χ0) is 18.9. The van der Waals surface area contributed by atoms with Gasteiger partial charge >= 0.3 is 0 Å². The van der Waals surface area contributed by atoms with Crippen molar-refractivity contribution in [3.05, 3.63) is 72.3 Å². The normalized spacial score (nSPS) is 16.2. The molecule has 0 bridgehead atoms. The van der Waals surface area contributed by atoms with Gasteiger partial charge in [-0.05, 0) is 49.2 Å². The number of carbonyl (C=O) groups is 1. The van der Waals surface area contributed by atoms with E-state index < -0.39 is 10.0 Å². The Morgan fingerprint density at radius 1 is 1.23 bits per heavy atom. The lowest BCUT2D eigenvalue weighted by Crippen LogP contribution is -2.35. The smallest absolute Gasteiger partial charge is 0.258 e. The van der Waals surface area contributed by atoms with Crippen LogP contribution in [0.4, 0.5) is 11.4 Å². The molecule has 3 rings (SSSR count). The van der Waals surface area contributed by atoms with Gasteiger partial charge in [0.1, 0.15) is 0 Å². The van der Waals surface area contributed by atoms with E-state index in [9.17, 15) is 13.2 Å². The van der Waals surface area contributed by atoms with Gasteiger partial charge in [-0.15, -0.1) is 6.58 Å². The number of hydrogen-bond acceptors (Lipinski definition) is 3. The molecule has 1 amide bonds. The van der Waals surface area contributed by atoms with Crippen LogP contribution in [0.15, 0.2) is 61.2 Å². The number of nitrogens with zero attached hydrogens (tertiary/aromatic N) is 2. The lowest BCUT2D eigenvalue weighted by Gasteiger charge is -2.24. The number of sulfonamides is 1. The summed E-state index contributed by atoms with van der Waals surface area (Å²) in [6.45, 7) is 5.81. The highest BCUT2D eigenvalue weighted by molar-refractivity contribution is 7.92. The van der Waals surface area contributed by atoms with Crippen LogP contribution >= 0.6 is 0 Å². The second-order valence-corrected chi connectivity index (χ2v) is 8.39. The van der Waals surface area contributed by atoms with Crippen LogP contribution in [0, 0.1) is 0 Å². The molecule has 1 heterocycles. The largest absolute Gasteiger partial charge is 0.305 e. The van der Waals surface area contributed by atoms with Crippen molar-refractivity contribution in [2.45, 2.75) is 19.4 Å². The van der Waals surface area contributed by atoms with Crippen molar-refractivity contribution in [2.75, 3.05) is 22.0 Å². The van der Waals surface area contributed by atoms with Crippen molar-refractivity contribution < 1.29 is 13.2 Å². The summed E-state index contributed by atoms with van der Waals surface area (Å²) in [5.41, 5.74) is 3.15. The van der Waals surface area contributed by atoms with E-state index in [1.54, 1.807) is 24.3 Å². The molecule has 0 saturated carbocycles. The highest BCUT2D eigenvalue weighted by Gasteiger charge is 2.31. The predicted molar refractivity (Wildman–Crippen MR) is 105 cm³/mol. The molecule has 1 atom stereocenters. The number of fused-ring (bicyclic) bond motifs is 1. The molecule has 0 radical (unpaired) electrons. The highest BCUT2D eigenvalue weighted by atomic mass is 32.2. The molecule has 136 valence electrons. The molecular formula is C20H22N2O3S. The summed E-state index contributed by atoms with van der Waals surface area (Å²) in [5.74, 6) is -0.0800. The van der Waals surface area contributed by atoms with Crippen LogP contribution in [-0.4, -0.2) is 33.2 Å². The van der Waals surface area contributed by atoms with Crippen molar-refractivity contribution in [2.24, 2.45) is 0 Å². The molecule has 0 aromatic heterocycles. The minimum absolute atomic E-state index is 0.0800. The number of benzene rings is 2. The number of hydrogen-bond donors (Lipinski definition) is 0. The van der Waals surface area contributed by atoms with Crippen molar-refractivity contribution in [3.63, 3.8) is 0 Å². The number of rotatable bonds is 5. The van der Waals surface area contributed by atoms with Crippen LogP contribution in [0.1, 0.15) is 22.8 Å². The van der Waals surface area contributed by atoms with Gasteiger partial charge in [0.2, 0.25) is 10.0 Å². The van der Waals surface area contributed by atoms with Crippen LogP contribution in [0.2, 0.25) is 0 Å². The standard InChI is InChI=1S/C20H22N2O3S/c1-4-13-21(26(3,24)25)18-11-9-16(10-12-18)20(23)22-15(2)14-17-7-5-6-8-19(17)22/h4-12,15H,1,13-14H2,2-3H3/t15-/m1/s1. The molecule has 0 unspecified atom stereocenters. The minimum Gasteiger partial charge on any atom is -0.305 e. The van der Waals surface area contributed by atoms with E-state index in [1.165, 1.54) is 15.9 Å². The fraction of sp³-hybridized carbons (Fsp3) is 0.250. The molecule has 2 aromatic rings. The number of para-hydroxylation sites is 1. The van der Waals surface area contributed by atoms with Crippen molar-refractivity contribution in [3.8, 4) is 0 Å². The van der Waals surface area contributed by atoms with E-state index in [2.05, 4.69) is 6.58 Å². The predicted octanol–water partition coefficient (Wildman–Crippen LogP) is 3.23. The first kappa shape index (κ1) is 18.2. The quantitative estimate of drug-likeness (QED) is 0.759. The first-order valence-electron chi connectivity index (χ1n) is 8.43. The topological polar surface area (TPSA) is 57.7 Å². The van der Waals surface area contributed by atoms with Crippen LogP contribution in [-0.2, 0) is 16.4 Å². The van der Waals surface area contributed by atoms with E-state index >= 15 is 0 Å². The van der Waals surface area contributed by atoms with Crippen molar-refractivity contribution in [1.29, 1.82) is 0 Å². The second kappa shape index (κ2) is 6.96. The molecule has 0 saturated heterocycles. The summed E-state index contributed by atoms with van der Waals surface area (Å²) < 4.78 is 25.1.